The molecule has 1 aromatic carbocycles. The highest BCUT2D eigenvalue weighted by molar-refractivity contribution is 6.33. The first-order valence-electron chi connectivity index (χ1n) is 7.27. The molecule has 1 aromatic rings. The summed E-state index contributed by atoms with van der Waals surface area (Å²) in [5.41, 5.74) is 0.585. The second-order valence-electron chi connectivity index (χ2n) is 5.33. The number of nitrogens with one attached hydrogen (secondary N) is 2. The summed E-state index contributed by atoms with van der Waals surface area (Å²) in [6, 6.07) is 7.07. The quantitative estimate of drug-likeness (QED) is 0.777. The fraction of sp³-hybridized carbons (Fsp3) is 0.467. The Balaban J connectivity index is 1.78. The zero-order valence-electron chi connectivity index (χ0n) is 12.6. The molecule has 6 nitrogen and oxygen atoms in total. The number of amides is 2. The molecule has 2 N–H and O–H groups in total. The summed E-state index contributed by atoms with van der Waals surface area (Å²) in [6.45, 7) is 2.91. The zero-order valence-corrected chi connectivity index (χ0v) is 13.4. The van der Waals surface area contributed by atoms with Crippen LogP contribution in [0.5, 0.6) is 0 Å². The van der Waals surface area contributed by atoms with Gasteiger partial charge in [0.1, 0.15) is 0 Å². The molecule has 0 radical (unpaired) electrons. The maximum atomic E-state index is 12.1. The third-order valence-electron chi connectivity index (χ3n) is 3.43. The van der Waals surface area contributed by atoms with Crippen molar-refractivity contribution in [2.24, 2.45) is 0 Å². The van der Waals surface area contributed by atoms with Crippen LogP contribution in [0.2, 0.25) is 5.02 Å². The number of ether oxygens (including phenoxy) is 1. The van der Waals surface area contributed by atoms with Crippen LogP contribution < -0.4 is 10.2 Å². The summed E-state index contributed by atoms with van der Waals surface area (Å²) in [6.07, 6.45) is 0. The van der Waals surface area contributed by atoms with E-state index in [0.29, 0.717) is 37.0 Å². The first-order valence-corrected chi connectivity index (χ1v) is 7.65. The molecule has 0 saturated carbocycles. The molecule has 1 aliphatic heterocycles. The zero-order chi connectivity index (χ0) is 15.9. The van der Waals surface area contributed by atoms with Crippen molar-refractivity contribution in [2.45, 2.75) is 0 Å². The van der Waals surface area contributed by atoms with Gasteiger partial charge in [0, 0.05) is 13.1 Å². The van der Waals surface area contributed by atoms with Crippen molar-refractivity contribution in [3.8, 4) is 0 Å². The monoisotopic (exact) mass is 326 g/mol. The molecule has 7 heteroatoms. The molecule has 0 aliphatic carbocycles. The first kappa shape index (κ1) is 16.7. The molecule has 2 rings (SSSR count). The highest BCUT2D eigenvalue weighted by atomic mass is 35.5. The van der Waals surface area contributed by atoms with Crippen molar-refractivity contribution in [3.63, 3.8) is 0 Å². The molecule has 1 saturated heterocycles. The van der Waals surface area contributed by atoms with Gasteiger partial charge in [0.25, 0.3) is 11.8 Å². The van der Waals surface area contributed by atoms with Crippen molar-refractivity contribution in [1.29, 1.82) is 0 Å². The Morgan fingerprint density at radius 2 is 1.95 bits per heavy atom. The second-order valence-corrected chi connectivity index (χ2v) is 5.74. The molecule has 1 atom stereocenters. The summed E-state index contributed by atoms with van der Waals surface area (Å²) >= 11 is 6.00. The van der Waals surface area contributed by atoms with Crippen LogP contribution >= 0.6 is 11.6 Å². The van der Waals surface area contributed by atoms with Crippen molar-refractivity contribution < 1.29 is 19.2 Å². The number of carbonyl (C=O) groups is 2. The van der Waals surface area contributed by atoms with Crippen LogP contribution in [0.25, 0.3) is 0 Å². The van der Waals surface area contributed by atoms with Gasteiger partial charge in [0.05, 0.1) is 31.0 Å². The van der Waals surface area contributed by atoms with Gasteiger partial charge in [-0.25, -0.2) is 0 Å². The minimum absolute atomic E-state index is 0.0475. The van der Waals surface area contributed by atoms with Gasteiger partial charge in [0.2, 0.25) is 0 Å². The van der Waals surface area contributed by atoms with Gasteiger partial charge in [-0.3, -0.25) is 9.59 Å². The number of para-hydroxylation sites is 1. The lowest BCUT2D eigenvalue weighted by atomic mass is 10.3. The number of benzene rings is 1. The molecule has 22 heavy (non-hydrogen) atoms. The van der Waals surface area contributed by atoms with Crippen molar-refractivity contribution >= 4 is 29.1 Å². The third-order valence-corrected chi connectivity index (χ3v) is 3.76. The predicted octanol–water partition coefficient (Wildman–Crippen LogP) is -0.348. The molecular weight excluding hydrogens is 306 g/mol. The molecule has 2 amide bonds. The summed E-state index contributed by atoms with van der Waals surface area (Å²) in [4.78, 5) is 26.7. The Labute approximate surface area is 135 Å². The van der Waals surface area contributed by atoms with Crippen LogP contribution in [0.3, 0.4) is 0 Å². The van der Waals surface area contributed by atoms with Gasteiger partial charge in [0.15, 0.2) is 13.1 Å². The molecule has 0 bridgehead atoms. The van der Waals surface area contributed by atoms with E-state index in [1.165, 1.54) is 0 Å². The van der Waals surface area contributed by atoms with Crippen molar-refractivity contribution in [1.82, 2.24) is 4.90 Å². The smallest absolute Gasteiger partial charge is 0.279 e. The summed E-state index contributed by atoms with van der Waals surface area (Å²) in [7, 11) is 1.82. The second kappa shape index (κ2) is 8.12. The minimum Gasteiger partial charge on any atom is -0.378 e. The van der Waals surface area contributed by atoms with Crippen LogP contribution in [0, 0.1) is 0 Å². The largest absolute Gasteiger partial charge is 0.378 e. The van der Waals surface area contributed by atoms with Crippen LogP contribution in [-0.2, 0) is 14.3 Å². The first-order chi connectivity index (χ1) is 10.6. The number of hydrogen-bond acceptors (Lipinski definition) is 3. The van der Waals surface area contributed by atoms with E-state index >= 15 is 0 Å². The Hall–Kier alpha value is -1.63. The lowest BCUT2D eigenvalue weighted by molar-refractivity contribution is -0.862. The van der Waals surface area contributed by atoms with E-state index in [-0.39, 0.29) is 24.9 Å². The molecular formula is C15H21ClN3O3+. The number of anilines is 1. The van der Waals surface area contributed by atoms with Crippen molar-refractivity contribution in [3.05, 3.63) is 29.3 Å². The van der Waals surface area contributed by atoms with Gasteiger partial charge >= 0.3 is 0 Å². The maximum absolute atomic E-state index is 12.1. The lowest BCUT2D eigenvalue weighted by Gasteiger charge is -2.27. The molecule has 1 fully saturated rings. The number of likely N-dealkylation sites (N-methyl/N-ethyl adjacent to an activating group) is 1. The van der Waals surface area contributed by atoms with E-state index in [4.69, 9.17) is 16.3 Å². The summed E-state index contributed by atoms with van der Waals surface area (Å²) < 4.78 is 5.22. The van der Waals surface area contributed by atoms with E-state index in [2.05, 4.69) is 5.32 Å². The number of hydrogen-bond donors (Lipinski definition) is 2. The third kappa shape index (κ3) is 4.98. The molecule has 0 spiro atoms. The van der Waals surface area contributed by atoms with Gasteiger partial charge in [-0.05, 0) is 12.1 Å². The van der Waals surface area contributed by atoms with E-state index in [9.17, 15) is 9.59 Å². The summed E-state index contributed by atoms with van der Waals surface area (Å²) in [5.74, 6) is -0.119. The average Bonchev–Trinajstić information content (AvgIpc) is 2.50. The Morgan fingerprint density at radius 1 is 1.27 bits per heavy atom. The number of morpholine rings is 1. The van der Waals surface area contributed by atoms with E-state index in [1.54, 1.807) is 29.2 Å². The number of halogens is 1. The minimum atomic E-state index is -0.166. The SMILES string of the molecule is C[NH+](CC(=O)Nc1ccccc1Cl)CC(=O)N1CCOCC1. The highest BCUT2D eigenvalue weighted by Crippen LogP contribution is 2.19. The molecule has 0 aromatic heterocycles. The van der Waals surface area contributed by atoms with Crippen LogP contribution in [0.15, 0.2) is 24.3 Å². The summed E-state index contributed by atoms with van der Waals surface area (Å²) in [5, 5.41) is 3.26. The van der Waals surface area contributed by atoms with E-state index < -0.39 is 0 Å². The molecule has 120 valence electrons. The molecule has 1 aliphatic rings. The number of quaternary nitrogens is 1. The fourth-order valence-corrected chi connectivity index (χ4v) is 2.46. The predicted molar refractivity (Wildman–Crippen MR) is 84.1 cm³/mol. The van der Waals surface area contributed by atoms with Crippen molar-refractivity contribution in [2.75, 3.05) is 51.8 Å². The average molecular weight is 327 g/mol. The number of carbonyl (C=O) groups excluding carboxylic acids is 2. The van der Waals surface area contributed by atoms with Gasteiger partial charge in [-0.15, -0.1) is 0 Å². The van der Waals surface area contributed by atoms with Crippen LogP contribution in [0.1, 0.15) is 0 Å². The fourth-order valence-electron chi connectivity index (χ4n) is 2.28. The highest BCUT2D eigenvalue weighted by Gasteiger charge is 2.21. The van der Waals surface area contributed by atoms with Gasteiger partial charge in [-0.1, -0.05) is 23.7 Å². The lowest BCUT2D eigenvalue weighted by Crippen LogP contribution is -3.11. The van der Waals surface area contributed by atoms with E-state index in [1.807, 2.05) is 7.05 Å². The number of nitrogens with zero attached hydrogens (tertiary/aromatic N) is 1. The Bertz CT molecular complexity index is 533. The standard InChI is InChI=1S/C15H20ClN3O3/c1-18(11-15(21)19-6-8-22-9-7-19)10-14(20)17-13-5-3-2-4-12(13)16/h2-5H,6-11H2,1H3,(H,17,20)/p+1. The molecule has 1 heterocycles. The molecule has 1 unspecified atom stereocenters. The van der Waals surface area contributed by atoms with Crippen LogP contribution in [-0.4, -0.2) is 63.2 Å². The number of rotatable bonds is 5. The Kier molecular flexibility index (Phi) is 6.18. The normalized spacial score (nSPS) is 16.2. The Morgan fingerprint density at radius 3 is 2.64 bits per heavy atom. The van der Waals surface area contributed by atoms with Gasteiger partial charge < -0.3 is 19.9 Å². The van der Waals surface area contributed by atoms with Gasteiger partial charge in [-0.2, -0.15) is 0 Å². The topological polar surface area (TPSA) is 63.1 Å². The maximum Gasteiger partial charge on any atom is 0.279 e. The van der Waals surface area contributed by atoms with Crippen LogP contribution in [0.4, 0.5) is 5.69 Å². The van der Waals surface area contributed by atoms with E-state index in [0.717, 1.165) is 4.90 Å².